The van der Waals surface area contributed by atoms with E-state index in [9.17, 15) is 4.79 Å². The van der Waals surface area contributed by atoms with E-state index >= 15 is 0 Å². The number of likely N-dealkylation sites (tertiary alicyclic amines) is 1. The summed E-state index contributed by atoms with van der Waals surface area (Å²) in [4.78, 5) is 16.6. The molecular formula is C25H39ClN2O3. The standard InChI is InChI=1S/C25H39ClN2O3/c1-27(25(29)31-24-13-11-23(26)12-14-24)19-21-7-9-22(10-8-21)20-30-18-6-5-17-28-15-3-2-4-16-28/h11-14,21-22H,2-10,15-20H2,1H3. The minimum absolute atomic E-state index is 0.308. The lowest BCUT2D eigenvalue weighted by molar-refractivity contribution is 0.0700. The van der Waals surface area contributed by atoms with Gasteiger partial charge >= 0.3 is 6.09 Å². The van der Waals surface area contributed by atoms with Crippen LogP contribution in [0, 0.1) is 11.8 Å². The first kappa shape index (κ1) is 24.3. The summed E-state index contributed by atoms with van der Waals surface area (Å²) in [5.74, 6) is 1.74. The Kier molecular flexibility index (Phi) is 10.4. The zero-order chi connectivity index (χ0) is 21.9. The molecule has 2 aliphatic rings. The third kappa shape index (κ3) is 8.99. The Hall–Kier alpha value is -1.30. The number of ether oxygens (including phenoxy) is 2. The monoisotopic (exact) mass is 450 g/mol. The second-order valence-corrected chi connectivity index (χ2v) is 9.71. The zero-order valence-electron chi connectivity index (χ0n) is 19.1. The Labute approximate surface area is 193 Å². The Morgan fingerprint density at radius 3 is 2.42 bits per heavy atom. The number of carbonyl (C=O) groups is 1. The van der Waals surface area contributed by atoms with E-state index in [1.165, 1.54) is 64.6 Å². The maximum Gasteiger partial charge on any atom is 0.414 e. The van der Waals surface area contributed by atoms with Gasteiger partial charge in [0.15, 0.2) is 0 Å². The van der Waals surface area contributed by atoms with Crippen LogP contribution >= 0.6 is 11.6 Å². The normalized spacial score (nSPS) is 22.3. The Bertz CT molecular complexity index is 641. The average molecular weight is 451 g/mol. The topological polar surface area (TPSA) is 42.0 Å². The smallest absolute Gasteiger partial charge is 0.410 e. The highest BCUT2D eigenvalue weighted by atomic mass is 35.5. The van der Waals surface area contributed by atoms with Crippen LogP contribution in [0.2, 0.25) is 5.02 Å². The first-order valence-corrected chi connectivity index (χ1v) is 12.5. The molecule has 1 amide bonds. The van der Waals surface area contributed by atoms with Gasteiger partial charge in [0, 0.05) is 31.8 Å². The molecule has 3 rings (SSSR count). The fraction of sp³-hybridized carbons (Fsp3) is 0.720. The highest BCUT2D eigenvalue weighted by Gasteiger charge is 2.24. The van der Waals surface area contributed by atoms with Gasteiger partial charge < -0.3 is 19.3 Å². The molecule has 0 atom stereocenters. The van der Waals surface area contributed by atoms with Crippen LogP contribution in [-0.2, 0) is 4.74 Å². The molecule has 2 fully saturated rings. The van der Waals surface area contributed by atoms with Crippen LogP contribution in [0.5, 0.6) is 5.75 Å². The van der Waals surface area contributed by atoms with Crippen LogP contribution in [0.15, 0.2) is 24.3 Å². The van der Waals surface area contributed by atoms with Gasteiger partial charge in [-0.25, -0.2) is 4.79 Å². The molecule has 1 aromatic carbocycles. The fourth-order valence-electron chi connectivity index (χ4n) is 4.70. The third-order valence-corrected chi connectivity index (χ3v) is 6.90. The molecule has 0 bridgehead atoms. The molecule has 1 heterocycles. The van der Waals surface area contributed by atoms with Gasteiger partial charge in [-0.1, -0.05) is 18.0 Å². The predicted molar refractivity (Wildman–Crippen MR) is 126 cm³/mol. The molecular weight excluding hydrogens is 412 g/mol. The molecule has 1 aliphatic heterocycles. The number of nitrogens with zero attached hydrogens (tertiary/aromatic N) is 2. The number of amides is 1. The van der Waals surface area contributed by atoms with Gasteiger partial charge in [-0.2, -0.15) is 0 Å². The summed E-state index contributed by atoms with van der Waals surface area (Å²) in [5.41, 5.74) is 0. The van der Waals surface area contributed by atoms with Gasteiger partial charge in [-0.3, -0.25) is 0 Å². The first-order valence-electron chi connectivity index (χ1n) is 12.1. The third-order valence-electron chi connectivity index (χ3n) is 6.64. The van der Waals surface area contributed by atoms with Gasteiger partial charge in [0.05, 0.1) is 0 Å². The molecule has 174 valence electrons. The number of piperidine rings is 1. The van der Waals surface area contributed by atoms with Gasteiger partial charge in [0.1, 0.15) is 5.75 Å². The van der Waals surface area contributed by atoms with Gasteiger partial charge in [0.25, 0.3) is 0 Å². The van der Waals surface area contributed by atoms with E-state index in [2.05, 4.69) is 4.90 Å². The van der Waals surface area contributed by atoms with E-state index in [0.29, 0.717) is 22.6 Å². The number of unbranched alkanes of at least 4 members (excludes halogenated alkanes) is 1. The van der Waals surface area contributed by atoms with Gasteiger partial charge in [0.2, 0.25) is 0 Å². The predicted octanol–water partition coefficient (Wildman–Crippen LogP) is 5.86. The summed E-state index contributed by atoms with van der Waals surface area (Å²) in [6, 6.07) is 6.88. The number of hydrogen-bond donors (Lipinski definition) is 0. The van der Waals surface area contributed by atoms with Crippen LogP contribution < -0.4 is 4.74 Å². The fourth-order valence-corrected chi connectivity index (χ4v) is 4.82. The second kappa shape index (κ2) is 13.3. The van der Waals surface area contributed by atoms with E-state index in [1.54, 1.807) is 29.2 Å². The maximum atomic E-state index is 12.3. The zero-order valence-corrected chi connectivity index (χ0v) is 19.8. The highest BCUT2D eigenvalue weighted by Crippen LogP contribution is 2.29. The summed E-state index contributed by atoms with van der Waals surface area (Å²) >= 11 is 5.87. The van der Waals surface area contributed by atoms with Crippen molar-refractivity contribution in [2.75, 3.05) is 46.4 Å². The van der Waals surface area contributed by atoms with Crippen molar-refractivity contribution in [3.63, 3.8) is 0 Å². The van der Waals surface area contributed by atoms with Crippen molar-refractivity contribution in [1.82, 2.24) is 9.80 Å². The average Bonchev–Trinajstić information content (AvgIpc) is 2.79. The highest BCUT2D eigenvalue weighted by molar-refractivity contribution is 6.30. The quantitative estimate of drug-likeness (QED) is 0.418. The summed E-state index contributed by atoms with van der Waals surface area (Å²) in [6.07, 6.45) is 11.0. The molecule has 0 unspecified atom stereocenters. The van der Waals surface area contributed by atoms with Crippen LogP contribution in [0.25, 0.3) is 0 Å². The number of carbonyl (C=O) groups excluding carboxylic acids is 1. The van der Waals surface area contributed by atoms with Crippen molar-refractivity contribution in [3.05, 3.63) is 29.3 Å². The largest absolute Gasteiger partial charge is 0.414 e. The van der Waals surface area contributed by atoms with E-state index in [-0.39, 0.29) is 6.09 Å². The van der Waals surface area contributed by atoms with E-state index in [0.717, 1.165) is 32.6 Å². The number of benzene rings is 1. The Morgan fingerprint density at radius 1 is 1.03 bits per heavy atom. The molecule has 1 aliphatic carbocycles. The van der Waals surface area contributed by atoms with Crippen LogP contribution in [0.1, 0.15) is 57.8 Å². The van der Waals surface area contributed by atoms with Crippen molar-refractivity contribution >= 4 is 17.7 Å². The molecule has 0 spiro atoms. The van der Waals surface area contributed by atoms with E-state index in [4.69, 9.17) is 21.1 Å². The van der Waals surface area contributed by atoms with Crippen molar-refractivity contribution < 1.29 is 14.3 Å². The lowest BCUT2D eigenvalue weighted by atomic mass is 9.82. The number of hydrogen-bond acceptors (Lipinski definition) is 4. The lowest BCUT2D eigenvalue weighted by Gasteiger charge is -2.31. The van der Waals surface area contributed by atoms with Crippen LogP contribution in [0.3, 0.4) is 0 Å². The molecule has 1 aromatic rings. The summed E-state index contributed by atoms with van der Waals surface area (Å²) < 4.78 is 11.4. The second-order valence-electron chi connectivity index (χ2n) is 9.27. The van der Waals surface area contributed by atoms with Crippen molar-refractivity contribution in [1.29, 1.82) is 0 Å². The van der Waals surface area contributed by atoms with Gasteiger partial charge in [-0.15, -0.1) is 0 Å². The number of rotatable bonds is 10. The number of halogens is 1. The first-order chi connectivity index (χ1) is 15.1. The maximum absolute atomic E-state index is 12.3. The Balaban J connectivity index is 1.22. The SMILES string of the molecule is CN(CC1CCC(COCCCCN2CCCCC2)CC1)C(=O)Oc1ccc(Cl)cc1. The molecule has 31 heavy (non-hydrogen) atoms. The van der Waals surface area contributed by atoms with E-state index < -0.39 is 0 Å². The Morgan fingerprint density at radius 2 is 1.71 bits per heavy atom. The lowest BCUT2D eigenvalue weighted by Crippen LogP contribution is -2.35. The van der Waals surface area contributed by atoms with Crippen molar-refractivity contribution in [2.24, 2.45) is 11.8 Å². The van der Waals surface area contributed by atoms with E-state index in [1.807, 2.05) is 7.05 Å². The molecule has 1 saturated heterocycles. The van der Waals surface area contributed by atoms with Gasteiger partial charge in [-0.05, 0) is 107 Å². The summed E-state index contributed by atoms with van der Waals surface area (Å²) in [6.45, 7) is 6.35. The van der Waals surface area contributed by atoms with Crippen molar-refractivity contribution in [3.8, 4) is 5.75 Å². The molecule has 0 radical (unpaired) electrons. The summed E-state index contributed by atoms with van der Waals surface area (Å²) in [7, 11) is 1.82. The van der Waals surface area contributed by atoms with Crippen molar-refractivity contribution in [2.45, 2.75) is 57.8 Å². The molecule has 0 aromatic heterocycles. The molecule has 5 nitrogen and oxygen atoms in total. The van der Waals surface area contributed by atoms with Crippen LogP contribution in [-0.4, -0.2) is 62.3 Å². The minimum Gasteiger partial charge on any atom is -0.410 e. The molecule has 1 saturated carbocycles. The molecule has 0 N–H and O–H groups in total. The minimum atomic E-state index is -0.308. The molecule has 6 heteroatoms. The van der Waals surface area contributed by atoms with Crippen LogP contribution in [0.4, 0.5) is 4.79 Å². The summed E-state index contributed by atoms with van der Waals surface area (Å²) in [5, 5.41) is 0.631.